The third-order valence-electron chi connectivity index (χ3n) is 3.44. The fourth-order valence-electron chi connectivity index (χ4n) is 2.45. The van der Waals surface area contributed by atoms with Crippen molar-refractivity contribution in [3.63, 3.8) is 0 Å². The molecular weight excluding hydrogens is 284 g/mol. The van der Waals surface area contributed by atoms with E-state index in [0.717, 1.165) is 5.56 Å². The van der Waals surface area contributed by atoms with E-state index in [4.69, 9.17) is 18.7 Å². The topological polar surface area (TPSA) is 66.6 Å². The molecular formula is C16H20N2O4. The summed E-state index contributed by atoms with van der Waals surface area (Å²) in [5.41, 5.74) is 0.745. The van der Waals surface area contributed by atoms with E-state index in [9.17, 15) is 0 Å². The van der Waals surface area contributed by atoms with Crippen molar-refractivity contribution in [2.45, 2.75) is 26.9 Å². The van der Waals surface area contributed by atoms with E-state index in [1.165, 1.54) is 0 Å². The summed E-state index contributed by atoms with van der Waals surface area (Å²) in [5, 5.41) is 4.07. The van der Waals surface area contributed by atoms with Gasteiger partial charge in [-0.15, -0.1) is 0 Å². The first kappa shape index (κ1) is 14.8. The van der Waals surface area contributed by atoms with Crippen molar-refractivity contribution in [1.29, 1.82) is 0 Å². The molecule has 6 nitrogen and oxygen atoms in total. The standard InChI is InChI=1S/C16H20N2O4/c1-4-19-13(10(2)3)15-17-16(22-18-15)11-6-5-7-12-14(11)21-9-8-20-12/h5-7,10,13H,4,8-9H2,1-3H3. The minimum absolute atomic E-state index is 0.181. The zero-order valence-corrected chi connectivity index (χ0v) is 13.0. The molecule has 0 radical (unpaired) electrons. The summed E-state index contributed by atoms with van der Waals surface area (Å²) >= 11 is 0. The maximum atomic E-state index is 5.71. The lowest BCUT2D eigenvalue weighted by Gasteiger charge is -2.19. The average molecular weight is 304 g/mol. The molecule has 2 heterocycles. The average Bonchev–Trinajstić information content (AvgIpc) is 3.01. The van der Waals surface area contributed by atoms with Gasteiger partial charge < -0.3 is 18.7 Å². The van der Waals surface area contributed by atoms with Crippen molar-refractivity contribution in [2.75, 3.05) is 19.8 Å². The van der Waals surface area contributed by atoms with Crippen LogP contribution in [0.25, 0.3) is 11.5 Å². The van der Waals surface area contributed by atoms with Gasteiger partial charge in [-0.2, -0.15) is 4.98 Å². The molecule has 1 aromatic heterocycles. The van der Waals surface area contributed by atoms with Gasteiger partial charge >= 0.3 is 0 Å². The van der Waals surface area contributed by atoms with Gasteiger partial charge in [-0.1, -0.05) is 25.1 Å². The Morgan fingerprint density at radius 2 is 2.05 bits per heavy atom. The Bertz CT molecular complexity index is 639. The highest BCUT2D eigenvalue weighted by atomic mass is 16.6. The highest BCUT2D eigenvalue weighted by Gasteiger charge is 2.25. The summed E-state index contributed by atoms with van der Waals surface area (Å²) in [5.74, 6) is 2.59. The molecule has 1 aromatic carbocycles. The molecule has 0 amide bonds. The summed E-state index contributed by atoms with van der Waals surface area (Å²) in [6, 6.07) is 5.64. The fraction of sp³-hybridized carbons (Fsp3) is 0.500. The first-order valence-electron chi connectivity index (χ1n) is 7.55. The Morgan fingerprint density at radius 3 is 2.82 bits per heavy atom. The Labute approximate surface area is 129 Å². The summed E-state index contributed by atoms with van der Waals surface area (Å²) < 4.78 is 22.4. The second-order valence-electron chi connectivity index (χ2n) is 5.41. The molecule has 118 valence electrons. The first-order chi connectivity index (χ1) is 10.7. The molecule has 1 aliphatic rings. The van der Waals surface area contributed by atoms with Crippen molar-refractivity contribution in [2.24, 2.45) is 5.92 Å². The number of aromatic nitrogens is 2. The predicted octanol–water partition coefficient (Wildman–Crippen LogP) is 3.24. The van der Waals surface area contributed by atoms with Gasteiger partial charge in [-0.05, 0) is 25.0 Å². The zero-order valence-electron chi connectivity index (χ0n) is 13.0. The van der Waals surface area contributed by atoms with Crippen molar-refractivity contribution in [1.82, 2.24) is 10.1 Å². The normalized spacial score (nSPS) is 15.1. The highest BCUT2D eigenvalue weighted by Crippen LogP contribution is 2.39. The van der Waals surface area contributed by atoms with E-state index < -0.39 is 0 Å². The number of rotatable bonds is 5. The van der Waals surface area contributed by atoms with Crippen LogP contribution in [0, 0.1) is 5.92 Å². The number of hydrogen-bond donors (Lipinski definition) is 0. The molecule has 22 heavy (non-hydrogen) atoms. The van der Waals surface area contributed by atoms with Gasteiger partial charge in [0, 0.05) is 6.61 Å². The van der Waals surface area contributed by atoms with E-state index in [1.807, 2.05) is 25.1 Å². The largest absolute Gasteiger partial charge is 0.486 e. The van der Waals surface area contributed by atoms with Gasteiger partial charge in [0.15, 0.2) is 11.5 Å². The van der Waals surface area contributed by atoms with Crippen LogP contribution in [0.1, 0.15) is 32.7 Å². The number of hydrogen-bond acceptors (Lipinski definition) is 6. The van der Waals surface area contributed by atoms with Crippen LogP contribution < -0.4 is 9.47 Å². The third kappa shape index (κ3) is 2.78. The van der Waals surface area contributed by atoms with Gasteiger partial charge in [-0.25, -0.2) is 0 Å². The monoisotopic (exact) mass is 304 g/mol. The van der Waals surface area contributed by atoms with E-state index >= 15 is 0 Å². The minimum atomic E-state index is -0.181. The molecule has 0 saturated heterocycles. The molecule has 1 atom stereocenters. The SMILES string of the molecule is CCOC(c1noc(-c2cccc3c2OCCO3)n1)C(C)C. The fourth-order valence-corrected chi connectivity index (χ4v) is 2.45. The quantitative estimate of drug-likeness (QED) is 0.844. The van der Waals surface area contributed by atoms with Crippen molar-refractivity contribution in [3.8, 4) is 23.0 Å². The van der Waals surface area contributed by atoms with Crippen LogP contribution >= 0.6 is 0 Å². The van der Waals surface area contributed by atoms with Crippen LogP contribution in [0.4, 0.5) is 0 Å². The third-order valence-corrected chi connectivity index (χ3v) is 3.44. The number of ether oxygens (including phenoxy) is 3. The lowest BCUT2D eigenvalue weighted by atomic mass is 10.1. The van der Waals surface area contributed by atoms with E-state index in [-0.39, 0.29) is 12.0 Å². The molecule has 0 fully saturated rings. The van der Waals surface area contributed by atoms with Crippen LogP contribution in [0.2, 0.25) is 0 Å². The van der Waals surface area contributed by atoms with Gasteiger partial charge in [-0.3, -0.25) is 0 Å². The van der Waals surface area contributed by atoms with Gasteiger partial charge in [0.2, 0.25) is 5.82 Å². The highest BCUT2D eigenvalue weighted by molar-refractivity contribution is 5.67. The molecule has 0 spiro atoms. The maximum Gasteiger partial charge on any atom is 0.261 e. The van der Waals surface area contributed by atoms with Crippen LogP contribution in [-0.2, 0) is 4.74 Å². The summed E-state index contributed by atoms with van der Waals surface area (Å²) in [6.07, 6.45) is -0.181. The maximum absolute atomic E-state index is 5.71. The molecule has 0 saturated carbocycles. The van der Waals surface area contributed by atoms with Gasteiger partial charge in [0.05, 0.1) is 5.56 Å². The predicted molar refractivity (Wildman–Crippen MR) is 79.9 cm³/mol. The number of fused-ring (bicyclic) bond motifs is 1. The summed E-state index contributed by atoms with van der Waals surface area (Å²) in [7, 11) is 0. The van der Waals surface area contributed by atoms with Crippen molar-refractivity contribution >= 4 is 0 Å². The van der Waals surface area contributed by atoms with E-state index in [0.29, 0.717) is 43.0 Å². The van der Waals surface area contributed by atoms with Crippen LogP contribution in [0.3, 0.4) is 0 Å². The summed E-state index contributed by atoms with van der Waals surface area (Å²) in [4.78, 5) is 4.49. The second kappa shape index (κ2) is 6.36. The van der Waals surface area contributed by atoms with Crippen LogP contribution in [0.15, 0.2) is 22.7 Å². The Hall–Kier alpha value is -2.08. The first-order valence-corrected chi connectivity index (χ1v) is 7.55. The molecule has 1 aliphatic heterocycles. The molecule has 0 N–H and O–H groups in total. The smallest absolute Gasteiger partial charge is 0.261 e. The molecule has 6 heteroatoms. The number of para-hydroxylation sites is 1. The molecule has 1 unspecified atom stereocenters. The second-order valence-corrected chi connectivity index (χ2v) is 5.41. The molecule has 2 aromatic rings. The lowest BCUT2D eigenvalue weighted by Crippen LogP contribution is -2.16. The Morgan fingerprint density at radius 1 is 1.23 bits per heavy atom. The lowest BCUT2D eigenvalue weighted by molar-refractivity contribution is 0.0217. The summed E-state index contributed by atoms with van der Waals surface area (Å²) in [6.45, 7) is 7.75. The Kier molecular flexibility index (Phi) is 4.29. The van der Waals surface area contributed by atoms with E-state index in [1.54, 1.807) is 0 Å². The number of benzene rings is 1. The van der Waals surface area contributed by atoms with Gasteiger partial charge in [0.1, 0.15) is 19.3 Å². The zero-order chi connectivity index (χ0) is 15.5. The minimum Gasteiger partial charge on any atom is -0.486 e. The van der Waals surface area contributed by atoms with Gasteiger partial charge in [0.25, 0.3) is 5.89 Å². The van der Waals surface area contributed by atoms with Crippen molar-refractivity contribution < 1.29 is 18.7 Å². The molecule has 3 rings (SSSR count). The Balaban J connectivity index is 1.94. The van der Waals surface area contributed by atoms with Crippen LogP contribution in [0.5, 0.6) is 11.5 Å². The number of nitrogens with zero attached hydrogens (tertiary/aromatic N) is 2. The molecule has 0 bridgehead atoms. The van der Waals surface area contributed by atoms with Crippen molar-refractivity contribution in [3.05, 3.63) is 24.0 Å². The van der Waals surface area contributed by atoms with E-state index in [2.05, 4.69) is 24.0 Å². The molecule has 0 aliphatic carbocycles. The van der Waals surface area contributed by atoms with Crippen LogP contribution in [-0.4, -0.2) is 30.0 Å².